The van der Waals surface area contributed by atoms with E-state index in [1.807, 2.05) is 4.90 Å². The minimum absolute atomic E-state index is 0.278. The molecule has 3 heteroatoms. The van der Waals surface area contributed by atoms with Crippen molar-refractivity contribution in [3.63, 3.8) is 0 Å². The Labute approximate surface area is 130 Å². The number of hydrogen-bond donors (Lipinski definition) is 0. The molecule has 1 atom stereocenters. The fourth-order valence-corrected chi connectivity index (χ4v) is 3.76. The highest BCUT2D eigenvalue weighted by Gasteiger charge is 2.20. The number of likely N-dealkylation sites (tertiary alicyclic amines) is 1. The predicted molar refractivity (Wildman–Crippen MR) is 89.7 cm³/mol. The summed E-state index contributed by atoms with van der Waals surface area (Å²) in [7, 11) is 0. The molecular weight excluding hydrogens is 278 g/mol. The van der Waals surface area contributed by atoms with Crippen molar-refractivity contribution in [1.29, 1.82) is 0 Å². The average Bonchev–Trinajstić information content (AvgIpc) is 2.52. The van der Waals surface area contributed by atoms with Crippen molar-refractivity contribution in [3.8, 4) is 0 Å². The van der Waals surface area contributed by atoms with E-state index in [4.69, 9.17) is 0 Å². The molecule has 1 aliphatic heterocycles. The Balaban J connectivity index is 1.61. The molecule has 0 saturated carbocycles. The molecule has 0 bridgehead atoms. The van der Waals surface area contributed by atoms with Crippen LogP contribution in [0, 0.1) is 5.92 Å². The van der Waals surface area contributed by atoms with Crippen molar-refractivity contribution >= 4 is 28.4 Å². The molecule has 1 amide bonds. The number of benzene rings is 2. The number of hydrogen-bond acceptors (Lipinski definition) is 2. The van der Waals surface area contributed by atoms with Crippen LogP contribution >= 0.6 is 11.8 Å². The molecule has 1 saturated heterocycles. The summed E-state index contributed by atoms with van der Waals surface area (Å²) in [6.45, 7) is 4.09. The summed E-state index contributed by atoms with van der Waals surface area (Å²) >= 11 is 1.65. The van der Waals surface area contributed by atoms with E-state index in [0.29, 0.717) is 11.7 Å². The molecule has 3 rings (SSSR count). The second kappa shape index (κ2) is 6.52. The largest absolute Gasteiger partial charge is 0.342 e. The van der Waals surface area contributed by atoms with Crippen LogP contribution in [0.4, 0.5) is 0 Å². The Bertz CT molecular complexity index is 640. The van der Waals surface area contributed by atoms with Gasteiger partial charge in [-0.15, -0.1) is 11.8 Å². The number of thioether (sulfide) groups is 1. The second-order valence-electron chi connectivity index (χ2n) is 5.88. The number of carbonyl (C=O) groups is 1. The van der Waals surface area contributed by atoms with E-state index in [1.165, 1.54) is 22.1 Å². The lowest BCUT2D eigenvalue weighted by atomic mass is 10.0. The van der Waals surface area contributed by atoms with Crippen LogP contribution in [0.2, 0.25) is 0 Å². The lowest BCUT2D eigenvalue weighted by Gasteiger charge is -2.30. The number of amides is 1. The molecule has 1 fully saturated rings. The number of piperidine rings is 1. The zero-order valence-corrected chi connectivity index (χ0v) is 13.2. The molecule has 1 aliphatic rings. The summed E-state index contributed by atoms with van der Waals surface area (Å²) < 4.78 is 0. The van der Waals surface area contributed by atoms with Crippen LogP contribution in [0.15, 0.2) is 47.4 Å². The Kier molecular flexibility index (Phi) is 4.49. The first-order valence-electron chi connectivity index (χ1n) is 7.62. The Morgan fingerprint density at radius 1 is 1.24 bits per heavy atom. The van der Waals surface area contributed by atoms with E-state index in [2.05, 4.69) is 49.4 Å². The van der Waals surface area contributed by atoms with Crippen LogP contribution in [-0.2, 0) is 4.79 Å². The summed E-state index contributed by atoms with van der Waals surface area (Å²) in [5, 5.41) is 2.49. The van der Waals surface area contributed by atoms with Crippen molar-refractivity contribution in [2.75, 3.05) is 18.8 Å². The summed E-state index contributed by atoms with van der Waals surface area (Å²) in [5.74, 6) is 1.47. The fourth-order valence-electron chi connectivity index (χ4n) is 2.91. The summed E-state index contributed by atoms with van der Waals surface area (Å²) in [6.07, 6.45) is 2.40. The first kappa shape index (κ1) is 14.5. The van der Waals surface area contributed by atoms with Crippen molar-refractivity contribution < 1.29 is 4.79 Å². The van der Waals surface area contributed by atoms with Gasteiger partial charge in [-0.2, -0.15) is 0 Å². The van der Waals surface area contributed by atoms with Crippen molar-refractivity contribution in [1.82, 2.24) is 4.90 Å². The zero-order chi connectivity index (χ0) is 14.7. The van der Waals surface area contributed by atoms with Gasteiger partial charge in [0.05, 0.1) is 5.75 Å². The quantitative estimate of drug-likeness (QED) is 0.792. The molecule has 0 spiro atoms. The maximum atomic E-state index is 12.3. The van der Waals surface area contributed by atoms with E-state index in [0.717, 1.165) is 19.5 Å². The van der Waals surface area contributed by atoms with Crippen molar-refractivity contribution in [3.05, 3.63) is 42.5 Å². The lowest BCUT2D eigenvalue weighted by Crippen LogP contribution is -2.40. The highest BCUT2D eigenvalue weighted by Crippen LogP contribution is 2.24. The third kappa shape index (κ3) is 3.59. The van der Waals surface area contributed by atoms with Crippen molar-refractivity contribution in [2.45, 2.75) is 24.7 Å². The number of nitrogens with zero attached hydrogens (tertiary/aromatic N) is 1. The molecule has 110 valence electrons. The van der Waals surface area contributed by atoms with Gasteiger partial charge in [-0.3, -0.25) is 4.79 Å². The Morgan fingerprint density at radius 3 is 2.86 bits per heavy atom. The first-order chi connectivity index (χ1) is 10.2. The number of fused-ring (bicyclic) bond motifs is 1. The van der Waals surface area contributed by atoms with E-state index in [1.54, 1.807) is 11.8 Å². The van der Waals surface area contributed by atoms with Gasteiger partial charge < -0.3 is 4.90 Å². The standard InChI is InChI=1S/C18H21NOS/c1-14-5-4-10-19(12-14)18(20)13-21-17-9-8-15-6-2-3-7-16(15)11-17/h2-3,6-9,11,14H,4-5,10,12-13H2,1H3. The van der Waals surface area contributed by atoms with Gasteiger partial charge in [-0.25, -0.2) is 0 Å². The molecule has 21 heavy (non-hydrogen) atoms. The Morgan fingerprint density at radius 2 is 2.05 bits per heavy atom. The highest BCUT2D eigenvalue weighted by molar-refractivity contribution is 8.00. The van der Waals surface area contributed by atoms with Crippen LogP contribution in [-0.4, -0.2) is 29.6 Å². The lowest BCUT2D eigenvalue weighted by molar-refractivity contribution is -0.130. The third-order valence-corrected chi connectivity index (χ3v) is 5.07. The minimum atomic E-state index is 0.278. The molecular formula is C18H21NOS. The van der Waals surface area contributed by atoms with Crippen molar-refractivity contribution in [2.24, 2.45) is 5.92 Å². The summed E-state index contributed by atoms with van der Waals surface area (Å²) in [6, 6.07) is 14.8. The zero-order valence-electron chi connectivity index (χ0n) is 12.4. The van der Waals surface area contributed by atoms with Gasteiger partial charge in [0.2, 0.25) is 5.91 Å². The van der Waals surface area contributed by atoms with E-state index >= 15 is 0 Å². The molecule has 0 aliphatic carbocycles. The Hall–Kier alpha value is -1.48. The number of carbonyl (C=O) groups excluding carboxylic acids is 1. The first-order valence-corrected chi connectivity index (χ1v) is 8.60. The summed E-state index contributed by atoms with van der Waals surface area (Å²) in [4.78, 5) is 15.5. The predicted octanol–water partition coefficient (Wildman–Crippen LogP) is 4.19. The monoisotopic (exact) mass is 299 g/mol. The maximum absolute atomic E-state index is 12.3. The average molecular weight is 299 g/mol. The van der Waals surface area contributed by atoms with Gasteiger partial charge in [0, 0.05) is 18.0 Å². The van der Waals surface area contributed by atoms with Crippen LogP contribution in [0.5, 0.6) is 0 Å². The molecule has 0 radical (unpaired) electrons. The SMILES string of the molecule is CC1CCCN(C(=O)CSc2ccc3ccccc3c2)C1. The normalized spacial score (nSPS) is 18.9. The van der Waals surface area contributed by atoms with Crippen LogP contribution < -0.4 is 0 Å². The van der Waals surface area contributed by atoms with E-state index in [9.17, 15) is 4.79 Å². The molecule has 2 nitrogen and oxygen atoms in total. The van der Waals surface area contributed by atoms with Gasteiger partial charge in [0.1, 0.15) is 0 Å². The van der Waals surface area contributed by atoms with E-state index < -0.39 is 0 Å². The fraction of sp³-hybridized carbons (Fsp3) is 0.389. The molecule has 0 aromatic heterocycles. The third-order valence-electron chi connectivity index (χ3n) is 4.09. The van der Waals surface area contributed by atoms with Crippen LogP contribution in [0.1, 0.15) is 19.8 Å². The molecule has 2 aromatic carbocycles. The van der Waals surface area contributed by atoms with Crippen LogP contribution in [0.25, 0.3) is 10.8 Å². The topological polar surface area (TPSA) is 20.3 Å². The van der Waals surface area contributed by atoms with Crippen LogP contribution in [0.3, 0.4) is 0 Å². The minimum Gasteiger partial charge on any atom is -0.342 e. The van der Waals surface area contributed by atoms with Gasteiger partial charge in [0.25, 0.3) is 0 Å². The molecule has 0 N–H and O–H groups in total. The summed E-state index contributed by atoms with van der Waals surface area (Å²) in [5.41, 5.74) is 0. The smallest absolute Gasteiger partial charge is 0.232 e. The second-order valence-corrected chi connectivity index (χ2v) is 6.93. The molecule has 1 unspecified atom stereocenters. The van der Waals surface area contributed by atoms with Gasteiger partial charge in [0.15, 0.2) is 0 Å². The van der Waals surface area contributed by atoms with Gasteiger partial charge >= 0.3 is 0 Å². The molecule has 1 heterocycles. The van der Waals surface area contributed by atoms with Gasteiger partial charge in [-0.1, -0.05) is 37.3 Å². The highest BCUT2D eigenvalue weighted by atomic mass is 32.2. The van der Waals surface area contributed by atoms with E-state index in [-0.39, 0.29) is 5.91 Å². The number of rotatable bonds is 3. The molecule has 2 aromatic rings. The van der Waals surface area contributed by atoms with Gasteiger partial charge in [-0.05, 0) is 41.7 Å². The maximum Gasteiger partial charge on any atom is 0.232 e.